The number of carbonyl (C=O) groups excluding carboxylic acids is 1. The van der Waals surface area contributed by atoms with Gasteiger partial charge in [-0.15, -0.1) is 0 Å². The molecule has 1 aromatic heterocycles. The first kappa shape index (κ1) is 23.0. The second-order valence-electron chi connectivity index (χ2n) is 6.35. The van der Waals surface area contributed by atoms with E-state index >= 15 is 0 Å². The largest absolute Gasteiger partial charge is 0.325 e. The van der Waals surface area contributed by atoms with Gasteiger partial charge in [-0.2, -0.15) is 0 Å². The van der Waals surface area contributed by atoms with Gasteiger partial charge in [-0.25, -0.2) is 17.8 Å². The molecule has 7 nitrogen and oxygen atoms in total. The lowest BCUT2D eigenvalue weighted by atomic mass is 10.2. The van der Waals surface area contributed by atoms with Crippen LogP contribution in [0.25, 0.3) is 0 Å². The molecule has 2 N–H and O–H groups in total. The fourth-order valence-corrected chi connectivity index (χ4v) is 4.80. The summed E-state index contributed by atoms with van der Waals surface area (Å²) >= 11 is 6.76. The molecule has 1 heterocycles. The topological polar surface area (TPSA) is 109 Å². The van der Waals surface area contributed by atoms with E-state index in [-0.39, 0.29) is 16.0 Å². The molecule has 3 aromatic rings. The molecule has 0 aliphatic rings. The van der Waals surface area contributed by atoms with Crippen molar-refractivity contribution in [1.82, 2.24) is 9.97 Å². The van der Waals surface area contributed by atoms with Crippen LogP contribution < -0.4 is 10.9 Å². The average molecular weight is 482 g/mol. The van der Waals surface area contributed by atoms with Crippen LogP contribution in [-0.2, 0) is 14.6 Å². The fraction of sp³-hybridized carbons (Fsp3) is 0.150. The summed E-state index contributed by atoms with van der Waals surface area (Å²) in [7, 11) is -4.08. The molecule has 0 fully saturated rings. The van der Waals surface area contributed by atoms with Crippen molar-refractivity contribution in [1.29, 1.82) is 0 Å². The van der Waals surface area contributed by atoms with E-state index in [9.17, 15) is 22.4 Å². The summed E-state index contributed by atoms with van der Waals surface area (Å²) in [6.07, 6.45) is 1.38. The van der Waals surface area contributed by atoms with Gasteiger partial charge in [-0.1, -0.05) is 30.3 Å². The number of H-pyrrole nitrogens is 1. The van der Waals surface area contributed by atoms with Crippen LogP contribution >= 0.6 is 23.4 Å². The van der Waals surface area contributed by atoms with Crippen LogP contribution in [0.5, 0.6) is 0 Å². The number of anilines is 1. The highest BCUT2D eigenvalue weighted by atomic mass is 35.5. The Hall–Kier alpha value is -2.69. The predicted octanol–water partition coefficient (Wildman–Crippen LogP) is 3.90. The van der Waals surface area contributed by atoms with E-state index in [1.807, 2.05) is 0 Å². The van der Waals surface area contributed by atoms with Gasteiger partial charge in [0.1, 0.15) is 5.82 Å². The quantitative estimate of drug-likeness (QED) is 0.391. The summed E-state index contributed by atoms with van der Waals surface area (Å²) in [5.41, 5.74) is -0.419. The Morgan fingerprint density at radius 3 is 2.42 bits per heavy atom. The molecule has 0 spiro atoms. The number of aromatic nitrogens is 2. The van der Waals surface area contributed by atoms with Gasteiger partial charge in [-0.05, 0) is 55.0 Å². The van der Waals surface area contributed by atoms with Gasteiger partial charge >= 0.3 is 0 Å². The minimum Gasteiger partial charge on any atom is -0.325 e. The van der Waals surface area contributed by atoms with Crippen molar-refractivity contribution in [2.45, 2.75) is 33.5 Å². The smallest absolute Gasteiger partial charge is 0.270 e. The Balaban J connectivity index is 1.78. The Morgan fingerprint density at radius 2 is 1.84 bits per heavy atom. The molecular formula is C20H17ClFN3O4S2. The van der Waals surface area contributed by atoms with Gasteiger partial charge in [0.2, 0.25) is 15.7 Å². The first-order valence-corrected chi connectivity index (χ1v) is 11.8. The summed E-state index contributed by atoms with van der Waals surface area (Å²) in [4.78, 5) is 30.8. The zero-order valence-electron chi connectivity index (χ0n) is 16.1. The number of sulfone groups is 1. The number of amides is 1. The van der Waals surface area contributed by atoms with E-state index in [2.05, 4.69) is 15.3 Å². The zero-order valence-corrected chi connectivity index (χ0v) is 18.5. The van der Waals surface area contributed by atoms with Gasteiger partial charge in [-0.3, -0.25) is 9.59 Å². The molecule has 0 saturated carbocycles. The molecule has 31 heavy (non-hydrogen) atoms. The first-order valence-electron chi connectivity index (χ1n) is 9.03. The van der Waals surface area contributed by atoms with Crippen molar-refractivity contribution < 1.29 is 17.6 Å². The third-order valence-electron chi connectivity index (χ3n) is 4.19. The summed E-state index contributed by atoms with van der Waals surface area (Å²) in [6, 6.07) is 10.7. The highest BCUT2D eigenvalue weighted by Crippen LogP contribution is 2.24. The summed E-state index contributed by atoms with van der Waals surface area (Å²) in [5, 5.41) is 2.51. The lowest BCUT2D eigenvalue weighted by Gasteiger charge is -2.14. The van der Waals surface area contributed by atoms with Crippen LogP contribution in [0, 0.1) is 5.82 Å². The lowest BCUT2D eigenvalue weighted by Crippen LogP contribution is -2.26. The highest BCUT2D eigenvalue weighted by Gasteiger charge is 2.24. The van der Waals surface area contributed by atoms with Gasteiger partial charge in [0.15, 0.2) is 10.1 Å². The van der Waals surface area contributed by atoms with E-state index < -0.39 is 31.4 Å². The van der Waals surface area contributed by atoms with Gasteiger partial charge in [0, 0.05) is 10.7 Å². The monoisotopic (exact) mass is 481 g/mol. The van der Waals surface area contributed by atoms with Crippen LogP contribution in [0.1, 0.15) is 13.3 Å². The van der Waals surface area contributed by atoms with Crippen molar-refractivity contribution in [3.63, 3.8) is 0 Å². The number of aromatic amines is 1. The summed E-state index contributed by atoms with van der Waals surface area (Å²) < 4.78 is 38.4. The second-order valence-corrected chi connectivity index (χ2v) is 9.90. The van der Waals surface area contributed by atoms with Crippen LogP contribution in [0.15, 0.2) is 74.5 Å². The molecule has 2 aromatic carbocycles. The molecule has 1 amide bonds. The number of carbonyl (C=O) groups is 1. The summed E-state index contributed by atoms with van der Waals surface area (Å²) in [5.74, 6) is -0.783. The Kier molecular flexibility index (Phi) is 7.14. The number of hydrogen-bond donors (Lipinski definition) is 2. The van der Waals surface area contributed by atoms with E-state index in [1.165, 1.54) is 48.5 Å². The van der Waals surface area contributed by atoms with E-state index in [0.29, 0.717) is 17.1 Å². The van der Waals surface area contributed by atoms with Crippen molar-refractivity contribution in [2.75, 3.05) is 5.32 Å². The number of halogens is 2. The van der Waals surface area contributed by atoms with Gasteiger partial charge in [0.25, 0.3) is 5.56 Å². The molecule has 0 radical (unpaired) electrons. The molecule has 11 heteroatoms. The Bertz CT molecular complexity index is 1250. The molecule has 0 aliphatic heterocycles. The molecule has 0 saturated heterocycles. The standard InChI is InChI=1S/C20H17ClFN3O4S2/c1-2-16(18(26)24-14-7-5-13(22)6-8-14)30-20-23-11-17(19(27)25-20)31(28,29)15-9-3-12(21)4-10-15/h3-11,16H,2H2,1H3,(H,24,26)(H,23,25,27). The maximum atomic E-state index is 13.0. The average Bonchev–Trinajstić information content (AvgIpc) is 2.73. The van der Waals surface area contributed by atoms with Gasteiger partial charge < -0.3 is 10.3 Å². The third kappa shape index (κ3) is 5.52. The Morgan fingerprint density at radius 1 is 1.19 bits per heavy atom. The SMILES string of the molecule is CCC(Sc1ncc(S(=O)(=O)c2ccc(Cl)cc2)c(=O)[nH]1)C(=O)Nc1ccc(F)cc1. The number of hydrogen-bond acceptors (Lipinski definition) is 6. The maximum absolute atomic E-state index is 13.0. The zero-order chi connectivity index (χ0) is 22.6. The van der Waals surface area contributed by atoms with E-state index in [0.717, 1.165) is 18.0 Å². The van der Waals surface area contributed by atoms with Crippen molar-refractivity contribution in [3.05, 3.63) is 75.9 Å². The number of rotatable bonds is 7. The number of nitrogens with zero attached hydrogens (tertiary/aromatic N) is 1. The first-order chi connectivity index (χ1) is 14.7. The molecule has 162 valence electrons. The summed E-state index contributed by atoms with van der Waals surface area (Å²) in [6.45, 7) is 1.78. The van der Waals surface area contributed by atoms with Gasteiger partial charge in [0.05, 0.1) is 16.3 Å². The minimum atomic E-state index is -4.08. The third-order valence-corrected chi connectivity index (χ3v) is 7.46. The van der Waals surface area contributed by atoms with Crippen LogP contribution in [-0.4, -0.2) is 29.5 Å². The lowest BCUT2D eigenvalue weighted by molar-refractivity contribution is -0.115. The number of nitrogens with one attached hydrogen (secondary N) is 2. The van der Waals surface area contributed by atoms with E-state index in [4.69, 9.17) is 11.6 Å². The minimum absolute atomic E-state index is 0.0882. The maximum Gasteiger partial charge on any atom is 0.270 e. The molecular weight excluding hydrogens is 465 g/mol. The van der Waals surface area contributed by atoms with Crippen LogP contribution in [0.4, 0.5) is 10.1 Å². The molecule has 1 unspecified atom stereocenters. The number of benzene rings is 2. The van der Waals surface area contributed by atoms with Crippen molar-refractivity contribution in [2.24, 2.45) is 0 Å². The van der Waals surface area contributed by atoms with Crippen molar-refractivity contribution in [3.8, 4) is 0 Å². The Labute approximate surface area is 187 Å². The van der Waals surface area contributed by atoms with E-state index in [1.54, 1.807) is 6.92 Å². The second kappa shape index (κ2) is 9.63. The highest BCUT2D eigenvalue weighted by molar-refractivity contribution is 8.00. The molecule has 0 bridgehead atoms. The predicted molar refractivity (Wildman–Crippen MR) is 117 cm³/mol. The fourth-order valence-electron chi connectivity index (χ4n) is 2.57. The normalized spacial score (nSPS) is 12.4. The number of thioether (sulfide) groups is 1. The molecule has 3 rings (SSSR count). The van der Waals surface area contributed by atoms with Crippen LogP contribution in [0.2, 0.25) is 5.02 Å². The van der Waals surface area contributed by atoms with Crippen molar-refractivity contribution >= 4 is 44.8 Å². The molecule has 1 atom stereocenters. The molecule has 0 aliphatic carbocycles. The van der Waals surface area contributed by atoms with Crippen LogP contribution in [0.3, 0.4) is 0 Å².